The monoisotopic (exact) mass is 698 g/mol. The Bertz CT molecular complexity index is 1230. The second-order valence-electron chi connectivity index (χ2n) is 7.44. The smallest absolute Gasteiger partial charge is 0.160 e. The maximum atomic E-state index is 13.2. The van der Waals surface area contributed by atoms with Gasteiger partial charge in [-0.3, -0.25) is 9.59 Å². The number of carbonyl (C=O) groups is 2. The molecule has 2 aromatic heterocycles. The number of rotatable bonds is 8. The highest BCUT2D eigenvalue weighted by Gasteiger charge is 2.13. The van der Waals surface area contributed by atoms with Crippen molar-refractivity contribution in [3.8, 4) is 0 Å². The number of halogens is 6. The van der Waals surface area contributed by atoms with Crippen LogP contribution in [0.1, 0.15) is 33.6 Å². The molecule has 0 aliphatic carbocycles. The molecule has 0 aliphatic rings. The highest BCUT2D eigenvalue weighted by atomic mass is 127. The van der Waals surface area contributed by atoms with Crippen LogP contribution in [0.3, 0.4) is 0 Å². The van der Waals surface area contributed by atoms with E-state index in [0.717, 1.165) is 46.0 Å². The van der Waals surface area contributed by atoms with Crippen LogP contribution in [0.25, 0.3) is 21.8 Å². The SMILES string of the molecule is O=Cc1cn(CCCI)c2cc(F)c(F)cc12.O=Cc1cn(CCCI)c2cc(F)c(F)cc12. The zero-order chi connectivity index (χ0) is 24.8. The highest BCUT2D eigenvalue weighted by Crippen LogP contribution is 2.25. The molecule has 4 nitrogen and oxygen atoms in total. The molecule has 0 fully saturated rings. The molecule has 2 heterocycles. The van der Waals surface area contributed by atoms with E-state index in [9.17, 15) is 27.2 Å². The van der Waals surface area contributed by atoms with Crippen molar-refractivity contribution < 1.29 is 27.2 Å². The highest BCUT2D eigenvalue weighted by molar-refractivity contribution is 14.1. The molecule has 0 radical (unpaired) electrons. The van der Waals surface area contributed by atoms with Crippen LogP contribution in [0.4, 0.5) is 17.6 Å². The maximum Gasteiger partial charge on any atom is 0.160 e. The summed E-state index contributed by atoms with van der Waals surface area (Å²) in [5.74, 6) is -3.62. The van der Waals surface area contributed by atoms with E-state index in [4.69, 9.17) is 0 Å². The number of hydrogen-bond acceptors (Lipinski definition) is 2. The van der Waals surface area contributed by atoms with Gasteiger partial charge in [0.25, 0.3) is 0 Å². The van der Waals surface area contributed by atoms with Gasteiger partial charge in [-0.15, -0.1) is 0 Å². The number of carbonyl (C=O) groups excluding carboxylic acids is 2. The summed E-state index contributed by atoms with van der Waals surface area (Å²) in [5, 5.41) is 0.930. The average Bonchev–Trinajstić information content (AvgIpc) is 3.34. The van der Waals surface area contributed by atoms with E-state index >= 15 is 0 Å². The van der Waals surface area contributed by atoms with Crippen LogP contribution in [0, 0.1) is 23.3 Å². The predicted octanol–water partition coefficient (Wildman–Crippen LogP) is 7.11. The van der Waals surface area contributed by atoms with Crippen LogP contribution in [0.2, 0.25) is 0 Å². The maximum absolute atomic E-state index is 13.2. The molecule has 0 spiro atoms. The number of benzene rings is 2. The van der Waals surface area contributed by atoms with Crippen molar-refractivity contribution in [3.63, 3.8) is 0 Å². The number of nitrogens with zero attached hydrogens (tertiary/aromatic N) is 2. The predicted molar refractivity (Wildman–Crippen MR) is 141 cm³/mol. The number of aldehydes is 2. The van der Waals surface area contributed by atoms with E-state index < -0.39 is 23.3 Å². The van der Waals surface area contributed by atoms with Gasteiger partial charge >= 0.3 is 0 Å². The van der Waals surface area contributed by atoms with E-state index in [0.29, 0.717) is 58.6 Å². The van der Waals surface area contributed by atoms with E-state index in [2.05, 4.69) is 45.2 Å². The third-order valence-corrected chi connectivity index (χ3v) is 6.75. The Morgan fingerprint density at radius 1 is 0.647 bits per heavy atom. The first-order chi connectivity index (χ1) is 16.3. The Kier molecular flexibility index (Phi) is 9.51. The van der Waals surface area contributed by atoms with Crippen molar-refractivity contribution >= 4 is 79.6 Å². The number of hydrogen-bond donors (Lipinski definition) is 0. The van der Waals surface area contributed by atoms with Crippen LogP contribution in [-0.2, 0) is 13.1 Å². The van der Waals surface area contributed by atoms with Crippen molar-refractivity contribution in [3.05, 3.63) is 71.1 Å². The van der Waals surface area contributed by atoms with Gasteiger partial charge in [0.05, 0.1) is 11.0 Å². The Morgan fingerprint density at radius 3 is 1.32 bits per heavy atom. The van der Waals surface area contributed by atoms with Gasteiger partial charge in [-0.2, -0.15) is 0 Å². The van der Waals surface area contributed by atoms with Crippen molar-refractivity contribution in [2.45, 2.75) is 25.9 Å². The third kappa shape index (κ3) is 5.81. The van der Waals surface area contributed by atoms with Gasteiger partial charge in [0.15, 0.2) is 35.8 Å². The fraction of sp³-hybridized carbons (Fsp3) is 0.250. The quantitative estimate of drug-likeness (QED) is 0.0853. The largest absolute Gasteiger partial charge is 0.347 e. The van der Waals surface area contributed by atoms with E-state index in [1.165, 1.54) is 0 Å². The van der Waals surface area contributed by atoms with Gasteiger partial charge in [-0.1, -0.05) is 45.2 Å². The fourth-order valence-electron chi connectivity index (χ4n) is 3.64. The zero-order valence-corrected chi connectivity index (χ0v) is 22.2. The van der Waals surface area contributed by atoms with E-state index in [-0.39, 0.29) is 0 Å². The lowest BCUT2D eigenvalue weighted by atomic mass is 10.2. The Morgan fingerprint density at radius 2 is 1.00 bits per heavy atom. The normalized spacial score (nSPS) is 11.0. The minimum absolute atomic E-state index is 0.396. The number of aryl methyl sites for hydroxylation is 2. The lowest BCUT2D eigenvalue weighted by Gasteiger charge is -2.03. The van der Waals surface area contributed by atoms with Crippen molar-refractivity contribution in [1.82, 2.24) is 9.13 Å². The second kappa shape index (κ2) is 12.1. The van der Waals surface area contributed by atoms with Gasteiger partial charge in [-0.05, 0) is 25.0 Å². The molecule has 0 bridgehead atoms. The van der Waals surface area contributed by atoms with Crippen LogP contribution >= 0.6 is 45.2 Å². The molecule has 10 heteroatoms. The van der Waals surface area contributed by atoms with Gasteiger partial charge < -0.3 is 9.13 Å². The summed E-state index contributed by atoms with van der Waals surface area (Å²) in [7, 11) is 0. The molecule has 0 saturated carbocycles. The number of alkyl halides is 2. The molecule has 180 valence electrons. The average molecular weight is 698 g/mol. The van der Waals surface area contributed by atoms with Crippen molar-refractivity contribution in [2.75, 3.05) is 8.86 Å². The molecule has 0 unspecified atom stereocenters. The first-order valence-electron chi connectivity index (χ1n) is 10.3. The van der Waals surface area contributed by atoms with Gasteiger partial charge in [0.2, 0.25) is 0 Å². The molecule has 0 aliphatic heterocycles. The summed E-state index contributed by atoms with van der Waals surface area (Å²) in [6.45, 7) is 1.39. The van der Waals surface area contributed by atoms with E-state index in [1.807, 2.05) is 0 Å². The molecule has 0 amide bonds. The van der Waals surface area contributed by atoms with Crippen LogP contribution in [0.5, 0.6) is 0 Å². The first kappa shape index (κ1) is 26.6. The Balaban J connectivity index is 0.000000191. The Hall–Kier alpha value is -1.96. The molecule has 0 saturated heterocycles. The molecule has 34 heavy (non-hydrogen) atoms. The summed E-state index contributed by atoms with van der Waals surface area (Å²) >= 11 is 4.50. The molecule has 4 rings (SSSR count). The summed E-state index contributed by atoms with van der Waals surface area (Å²) in [6.07, 6.45) is 6.45. The summed E-state index contributed by atoms with van der Waals surface area (Å²) in [5.41, 5.74) is 1.92. The lowest BCUT2D eigenvalue weighted by Crippen LogP contribution is -1.97. The standard InChI is InChI=1S/2C12H10F2INO/c2*13-10-4-9-8(7-17)6-16(3-1-2-15)12(9)5-11(10)14/h2*4-7H,1-3H2. The molecular weight excluding hydrogens is 678 g/mol. The first-order valence-corrected chi connectivity index (χ1v) is 13.4. The van der Waals surface area contributed by atoms with Crippen molar-refractivity contribution in [1.29, 1.82) is 0 Å². The summed E-state index contributed by atoms with van der Waals surface area (Å²) in [6, 6.07) is 4.44. The summed E-state index contributed by atoms with van der Waals surface area (Å²) < 4.78 is 58.1. The molecule has 0 N–H and O–H groups in total. The third-order valence-electron chi connectivity index (χ3n) is 5.23. The minimum atomic E-state index is -0.924. The Labute approximate surface area is 220 Å². The van der Waals surface area contributed by atoms with E-state index in [1.54, 1.807) is 21.5 Å². The molecular formula is C24H20F4I2N2O2. The van der Waals surface area contributed by atoms with Gasteiger partial charge in [-0.25, -0.2) is 17.6 Å². The second-order valence-corrected chi connectivity index (χ2v) is 9.60. The van der Waals surface area contributed by atoms with Gasteiger partial charge in [0.1, 0.15) is 0 Å². The molecule has 2 aromatic carbocycles. The van der Waals surface area contributed by atoms with Crippen LogP contribution in [-0.4, -0.2) is 30.6 Å². The molecule has 4 aromatic rings. The van der Waals surface area contributed by atoms with Crippen LogP contribution in [0.15, 0.2) is 36.7 Å². The summed E-state index contributed by atoms with van der Waals surface area (Å²) in [4.78, 5) is 21.7. The minimum Gasteiger partial charge on any atom is -0.347 e. The fourth-order valence-corrected chi connectivity index (χ4v) is 4.32. The van der Waals surface area contributed by atoms with Crippen molar-refractivity contribution in [2.24, 2.45) is 0 Å². The zero-order valence-electron chi connectivity index (χ0n) is 17.8. The van der Waals surface area contributed by atoms with Crippen LogP contribution < -0.4 is 0 Å². The number of aromatic nitrogens is 2. The molecule has 0 atom stereocenters. The number of fused-ring (bicyclic) bond motifs is 2. The van der Waals surface area contributed by atoms with Gasteiger partial charge in [0, 0.05) is 68.4 Å². The topological polar surface area (TPSA) is 44.0 Å². The lowest BCUT2D eigenvalue weighted by molar-refractivity contribution is 0.111.